The van der Waals surface area contributed by atoms with Crippen molar-refractivity contribution in [2.75, 3.05) is 0 Å². The predicted molar refractivity (Wildman–Crippen MR) is 74.3 cm³/mol. The van der Waals surface area contributed by atoms with Crippen LogP contribution in [0.4, 0.5) is 0 Å². The van der Waals surface area contributed by atoms with Gasteiger partial charge in [-0.2, -0.15) is 0 Å². The summed E-state index contributed by atoms with van der Waals surface area (Å²) in [6.45, 7) is 0.203. The highest BCUT2D eigenvalue weighted by molar-refractivity contribution is 5.97. The SMILES string of the molecule is O=C(NCc1cccc(O)c1)c1ccc(C(=O)O)c(O)c1. The number of phenolic OH excluding ortho intramolecular Hbond substituents is 1. The Kier molecular flexibility index (Phi) is 4.08. The van der Waals surface area contributed by atoms with E-state index in [4.69, 9.17) is 5.11 Å². The Labute approximate surface area is 120 Å². The Balaban J connectivity index is 2.07. The second kappa shape index (κ2) is 5.96. The number of carboxylic acids is 1. The molecule has 21 heavy (non-hydrogen) atoms. The van der Waals surface area contributed by atoms with E-state index in [0.717, 1.165) is 11.6 Å². The minimum Gasteiger partial charge on any atom is -0.508 e. The van der Waals surface area contributed by atoms with E-state index in [-0.39, 0.29) is 23.4 Å². The molecule has 0 saturated heterocycles. The molecule has 0 radical (unpaired) electrons. The van der Waals surface area contributed by atoms with Gasteiger partial charge in [0.1, 0.15) is 17.1 Å². The maximum atomic E-state index is 11.9. The summed E-state index contributed by atoms with van der Waals surface area (Å²) in [4.78, 5) is 22.7. The molecule has 2 aromatic rings. The first-order valence-corrected chi connectivity index (χ1v) is 6.10. The quantitative estimate of drug-likeness (QED) is 0.685. The van der Waals surface area contributed by atoms with Crippen molar-refractivity contribution in [1.29, 1.82) is 0 Å². The first kappa shape index (κ1) is 14.4. The number of phenols is 2. The lowest BCUT2D eigenvalue weighted by atomic mass is 10.1. The monoisotopic (exact) mass is 287 g/mol. The van der Waals surface area contributed by atoms with Crippen LogP contribution in [0.3, 0.4) is 0 Å². The smallest absolute Gasteiger partial charge is 0.339 e. The van der Waals surface area contributed by atoms with E-state index < -0.39 is 17.6 Å². The van der Waals surface area contributed by atoms with E-state index in [9.17, 15) is 19.8 Å². The molecule has 4 N–H and O–H groups in total. The van der Waals surface area contributed by atoms with Gasteiger partial charge in [0.2, 0.25) is 0 Å². The van der Waals surface area contributed by atoms with E-state index in [0.29, 0.717) is 0 Å². The van der Waals surface area contributed by atoms with Crippen LogP contribution >= 0.6 is 0 Å². The molecule has 0 aromatic heterocycles. The molecule has 0 spiro atoms. The molecule has 1 amide bonds. The molecular formula is C15H13NO5. The van der Waals surface area contributed by atoms with Gasteiger partial charge in [-0.25, -0.2) is 4.79 Å². The van der Waals surface area contributed by atoms with Crippen LogP contribution in [0.15, 0.2) is 42.5 Å². The summed E-state index contributed by atoms with van der Waals surface area (Å²) < 4.78 is 0. The lowest BCUT2D eigenvalue weighted by Crippen LogP contribution is -2.22. The lowest BCUT2D eigenvalue weighted by molar-refractivity contribution is 0.0693. The molecule has 0 saturated carbocycles. The molecule has 0 bridgehead atoms. The molecule has 0 aliphatic carbocycles. The van der Waals surface area contributed by atoms with Gasteiger partial charge in [0.25, 0.3) is 5.91 Å². The van der Waals surface area contributed by atoms with Gasteiger partial charge in [0.05, 0.1) is 0 Å². The zero-order valence-electron chi connectivity index (χ0n) is 10.9. The van der Waals surface area contributed by atoms with Crippen LogP contribution in [-0.2, 0) is 6.54 Å². The van der Waals surface area contributed by atoms with Crippen molar-refractivity contribution in [3.8, 4) is 11.5 Å². The Bertz CT molecular complexity index is 696. The van der Waals surface area contributed by atoms with Crippen molar-refractivity contribution in [3.63, 3.8) is 0 Å². The van der Waals surface area contributed by atoms with Crippen LogP contribution in [0, 0.1) is 0 Å². The molecule has 2 rings (SSSR count). The molecule has 0 aliphatic heterocycles. The average molecular weight is 287 g/mol. The standard InChI is InChI=1S/C15H13NO5/c17-11-3-1-2-9(6-11)8-16-14(19)10-4-5-12(15(20)21)13(18)7-10/h1-7,17-18H,8H2,(H,16,19)(H,20,21). The van der Waals surface area contributed by atoms with E-state index in [1.165, 1.54) is 24.3 Å². The van der Waals surface area contributed by atoms with Crippen molar-refractivity contribution >= 4 is 11.9 Å². The summed E-state index contributed by atoms with van der Waals surface area (Å²) in [5, 5.41) is 30.3. The van der Waals surface area contributed by atoms with Gasteiger partial charge in [0.15, 0.2) is 0 Å². The fourth-order valence-electron chi connectivity index (χ4n) is 1.80. The number of hydrogen-bond acceptors (Lipinski definition) is 4. The minimum atomic E-state index is -1.26. The molecule has 2 aromatic carbocycles. The number of rotatable bonds is 4. The third kappa shape index (κ3) is 3.50. The van der Waals surface area contributed by atoms with E-state index >= 15 is 0 Å². The fraction of sp³-hybridized carbons (Fsp3) is 0.0667. The predicted octanol–water partition coefficient (Wildman–Crippen LogP) is 1.73. The minimum absolute atomic E-state index is 0.102. The number of carbonyl (C=O) groups is 2. The number of amides is 1. The number of aromatic carboxylic acids is 1. The Morgan fingerprint density at radius 3 is 2.43 bits per heavy atom. The second-order valence-electron chi connectivity index (χ2n) is 4.39. The third-order valence-corrected chi connectivity index (χ3v) is 2.85. The zero-order chi connectivity index (χ0) is 15.4. The van der Waals surface area contributed by atoms with Crippen molar-refractivity contribution < 1.29 is 24.9 Å². The number of benzene rings is 2. The topological polar surface area (TPSA) is 107 Å². The van der Waals surface area contributed by atoms with Gasteiger partial charge in [-0.3, -0.25) is 4.79 Å². The van der Waals surface area contributed by atoms with Crippen LogP contribution in [0.25, 0.3) is 0 Å². The van der Waals surface area contributed by atoms with Crippen molar-refractivity contribution in [1.82, 2.24) is 5.32 Å². The average Bonchev–Trinajstić information content (AvgIpc) is 2.44. The third-order valence-electron chi connectivity index (χ3n) is 2.85. The molecular weight excluding hydrogens is 274 g/mol. The first-order chi connectivity index (χ1) is 9.97. The highest BCUT2D eigenvalue weighted by Gasteiger charge is 2.13. The fourth-order valence-corrected chi connectivity index (χ4v) is 1.80. The molecule has 0 heterocycles. The van der Waals surface area contributed by atoms with E-state index in [2.05, 4.69) is 5.32 Å². The van der Waals surface area contributed by atoms with Crippen molar-refractivity contribution in [2.45, 2.75) is 6.54 Å². The largest absolute Gasteiger partial charge is 0.508 e. The molecule has 0 fully saturated rings. The van der Waals surface area contributed by atoms with Gasteiger partial charge in [-0.05, 0) is 35.9 Å². The molecule has 6 heteroatoms. The number of carbonyl (C=O) groups excluding carboxylic acids is 1. The van der Waals surface area contributed by atoms with Gasteiger partial charge in [-0.1, -0.05) is 12.1 Å². The molecule has 108 valence electrons. The molecule has 0 atom stereocenters. The number of aromatic hydroxyl groups is 2. The summed E-state index contributed by atoms with van der Waals surface area (Å²) >= 11 is 0. The van der Waals surface area contributed by atoms with E-state index in [1.807, 2.05) is 0 Å². The Morgan fingerprint density at radius 2 is 1.81 bits per heavy atom. The maximum Gasteiger partial charge on any atom is 0.339 e. The Morgan fingerprint density at radius 1 is 1.05 bits per heavy atom. The van der Waals surface area contributed by atoms with Crippen LogP contribution in [0.2, 0.25) is 0 Å². The highest BCUT2D eigenvalue weighted by Crippen LogP contribution is 2.19. The summed E-state index contributed by atoms with van der Waals surface area (Å²) in [5.74, 6) is -2.08. The normalized spacial score (nSPS) is 10.1. The van der Waals surface area contributed by atoms with Crippen LogP contribution in [0.1, 0.15) is 26.3 Å². The molecule has 6 nitrogen and oxygen atoms in total. The highest BCUT2D eigenvalue weighted by atomic mass is 16.4. The molecule has 0 aliphatic rings. The summed E-state index contributed by atoms with van der Waals surface area (Å²) in [6, 6.07) is 10.0. The van der Waals surface area contributed by atoms with Gasteiger partial charge >= 0.3 is 5.97 Å². The van der Waals surface area contributed by atoms with Gasteiger partial charge in [0, 0.05) is 12.1 Å². The first-order valence-electron chi connectivity index (χ1n) is 6.10. The summed E-state index contributed by atoms with van der Waals surface area (Å²) in [6.07, 6.45) is 0. The van der Waals surface area contributed by atoms with Crippen LogP contribution < -0.4 is 5.32 Å². The van der Waals surface area contributed by atoms with Crippen molar-refractivity contribution in [2.24, 2.45) is 0 Å². The van der Waals surface area contributed by atoms with Crippen molar-refractivity contribution in [3.05, 3.63) is 59.2 Å². The zero-order valence-corrected chi connectivity index (χ0v) is 10.9. The maximum absolute atomic E-state index is 11.9. The van der Waals surface area contributed by atoms with Gasteiger partial charge in [-0.15, -0.1) is 0 Å². The van der Waals surface area contributed by atoms with Crippen LogP contribution in [0.5, 0.6) is 11.5 Å². The number of carboxylic acid groups (broad SMARTS) is 1. The number of nitrogens with one attached hydrogen (secondary N) is 1. The second-order valence-corrected chi connectivity index (χ2v) is 4.39. The lowest BCUT2D eigenvalue weighted by Gasteiger charge is -2.07. The van der Waals surface area contributed by atoms with Gasteiger partial charge < -0.3 is 20.6 Å². The Hall–Kier alpha value is -3.02. The number of hydrogen-bond donors (Lipinski definition) is 4. The van der Waals surface area contributed by atoms with Crippen LogP contribution in [-0.4, -0.2) is 27.2 Å². The summed E-state index contributed by atoms with van der Waals surface area (Å²) in [5.41, 5.74) is 0.604. The molecule has 0 unspecified atom stereocenters. The van der Waals surface area contributed by atoms with E-state index in [1.54, 1.807) is 12.1 Å². The summed E-state index contributed by atoms with van der Waals surface area (Å²) in [7, 11) is 0.